The van der Waals surface area contributed by atoms with E-state index in [1.54, 1.807) is 17.8 Å². The molecule has 28 heavy (non-hydrogen) atoms. The maximum atomic E-state index is 12.6. The van der Waals surface area contributed by atoms with Crippen LogP contribution in [-0.2, 0) is 0 Å². The molecule has 1 aliphatic heterocycles. The zero-order chi connectivity index (χ0) is 19.5. The predicted molar refractivity (Wildman–Crippen MR) is 113 cm³/mol. The first-order valence-electron chi connectivity index (χ1n) is 10.1. The van der Waals surface area contributed by atoms with Gasteiger partial charge in [-0.25, -0.2) is 0 Å². The van der Waals surface area contributed by atoms with Crippen LogP contribution in [0.25, 0.3) is 0 Å². The van der Waals surface area contributed by atoms with Crippen molar-refractivity contribution in [1.82, 2.24) is 5.32 Å². The van der Waals surface area contributed by atoms with Crippen LogP contribution in [0.4, 0.5) is 5.69 Å². The van der Waals surface area contributed by atoms with E-state index < -0.39 is 0 Å². The predicted octanol–water partition coefficient (Wildman–Crippen LogP) is 5.41. The molecule has 0 spiro atoms. The molecule has 1 heterocycles. The quantitative estimate of drug-likeness (QED) is 0.729. The van der Waals surface area contributed by atoms with E-state index >= 15 is 0 Å². The lowest BCUT2D eigenvalue weighted by molar-refractivity contribution is 0.0949. The van der Waals surface area contributed by atoms with Crippen molar-refractivity contribution in [2.45, 2.75) is 55.2 Å². The molecule has 1 saturated carbocycles. The first-order valence-corrected chi connectivity index (χ1v) is 10.9. The third-order valence-corrected chi connectivity index (χ3v) is 6.80. The molecule has 0 bridgehead atoms. The molecular formula is C23H26N2O2S. The van der Waals surface area contributed by atoms with E-state index in [2.05, 4.69) is 10.6 Å². The molecule has 1 fully saturated rings. The number of benzene rings is 2. The van der Waals surface area contributed by atoms with Gasteiger partial charge in [-0.05, 0) is 49.6 Å². The van der Waals surface area contributed by atoms with E-state index in [-0.39, 0.29) is 11.8 Å². The molecule has 2 N–H and O–H groups in total. The van der Waals surface area contributed by atoms with Gasteiger partial charge in [0.15, 0.2) is 0 Å². The van der Waals surface area contributed by atoms with Crippen molar-refractivity contribution in [3.05, 3.63) is 53.1 Å². The number of amides is 2. The molecule has 2 aromatic rings. The van der Waals surface area contributed by atoms with Gasteiger partial charge in [-0.2, -0.15) is 0 Å². The van der Waals surface area contributed by atoms with Gasteiger partial charge in [0.1, 0.15) is 0 Å². The minimum absolute atomic E-state index is 0.0736. The summed E-state index contributed by atoms with van der Waals surface area (Å²) in [6, 6.07) is 11.4. The number of hydrogen-bond acceptors (Lipinski definition) is 3. The van der Waals surface area contributed by atoms with Crippen molar-refractivity contribution >= 4 is 29.3 Å². The highest BCUT2D eigenvalue weighted by Crippen LogP contribution is 2.39. The summed E-state index contributed by atoms with van der Waals surface area (Å²) in [5, 5.41) is 6.02. The van der Waals surface area contributed by atoms with Crippen LogP contribution in [-0.4, -0.2) is 18.4 Å². The fourth-order valence-corrected chi connectivity index (χ4v) is 5.03. The van der Waals surface area contributed by atoms with Crippen LogP contribution in [0.5, 0.6) is 0 Å². The van der Waals surface area contributed by atoms with E-state index in [0.29, 0.717) is 23.4 Å². The summed E-state index contributed by atoms with van der Waals surface area (Å²) in [5.74, 6) is 0.550. The Kier molecular flexibility index (Phi) is 5.72. The molecule has 2 aromatic carbocycles. The van der Waals surface area contributed by atoms with E-state index in [1.165, 1.54) is 32.1 Å². The van der Waals surface area contributed by atoms with E-state index in [9.17, 15) is 9.59 Å². The molecule has 146 valence electrons. The second kappa shape index (κ2) is 8.39. The number of anilines is 1. The van der Waals surface area contributed by atoms with Gasteiger partial charge in [-0.15, -0.1) is 0 Å². The standard InChI is InChI=1S/C23H26N2O2S/c1-15-7-9-20-18(13-15)23(27)25-19-14-17(8-10-21(19)28-20)22(26)24-12-11-16-5-3-2-4-6-16/h7-10,13-14,16H,2-6,11-12H2,1H3,(H,24,26)(H,25,27). The van der Waals surface area contributed by atoms with Gasteiger partial charge in [0.25, 0.3) is 11.8 Å². The van der Waals surface area contributed by atoms with Crippen molar-refractivity contribution in [2.24, 2.45) is 5.92 Å². The SMILES string of the molecule is Cc1ccc2c(c1)C(=O)Nc1cc(C(=O)NCCC3CCCCC3)ccc1S2. The van der Waals surface area contributed by atoms with Crippen LogP contribution in [0.15, 0.2) is 46.2 Å². The minimum atomic E-state index is -0.125. The molecule has 4 nitrogen and oxygen atoms in total. The van der Waals surface area contributed by atoms with Crippen LogP contribution in [0.3, 0.4) is 0 Å². The number of fused-ring (bicyclic) bond motifs is 2. The lowest BCUT2D eigenvalue weighted by atomic mass is 9.87. The number of aryl methyl sites for hydroxylation is 1. The van der Waals surface area contributed by atoms with Crippen LogP contribution in [0.1, 0.15) is 64.8 Å². The van der Waals surface area contributed by atoms with Crippen molar-refractivity contribution in [3.8, 4) is 0 Å². The third-order valence-electron chi connectivity index (χ3n) is 5.65. The zero-order valence-corrected chi connectivity index (χ0v) is 17.0. The minimum Gasteiger partial charge on any atom is -0.352 e. The van der Waals surface area contributed by atoms with Crippen molar-refractivity contribution < 1.29 is 9.59 Å². The van der Waals surface area contributed by atoms with Crippen molar-refractivity contribution in [2.75, 3.05) is 11.9 Å². The topological polar surface area (TPSA) is 58.2 Å². The van der Waals surface area contributed by atoms with Gasteiger partial charge < -0.3 is 10.6 Å². The average Bonchev–Trinajstić information content (AvgIpc) is 2.84. The molecule has 0 aromatic heterocycles. The van der Waals surface area contributed by atoms with E-state index in [4.69, 9.17) is 0 Å². The normalized spacial score (nSPS) is 16.5. The second-order valence-electron chi connectivity index (χ2n) is 7.82. The van der Waals surface area contributed by atoms with Gasteiger partial charge in [0.2, 0.25) is 0 Å². The summed E-state index contributed by atoms with van der Waals surface area (Å²) in [7, 11) is 0. The van der Waals surface area contributed by atoms with Crippen LogP contribution >= 0.6 is 11.8 Å². The number of carbonyl (C=O) groups is 2. The van der Waals surface area contributed by atoms with Gasteiger partial charge >= 0.3 is 0 Å². The summed E-state index contributed by atoms with van der Waals surface area (Å²) in [6.07, 6.45) is 7.63. The molecule has 2 amide bonds. The molecule has 5 heteroatoms. The maximum Gasteiger partial charge on any atom is 0.256 e. The molecule has 1 aliphatic carbocycles. The lowest BCUT2D eigenvalue weighted by Gasteiger charge is -2.21. The fourth-order valence-electron chi connectivity index (χ4n) is 4.04. The Morgan fingerprint density at radius 3 is 2.71 bits per heavy atom. The summed E-state index contributed by atoms with van der Waals surface area (Å²) >= 11 is 1.56. The summed E-state index contributed by atoms with van der Waals surface area (Å²) < 4.78 is 0. The Morgan fingerprint density at radius 2 is 1.89 bits per heavy atom. The Morgan fingerprint density at radius 1 is 1.11 bits per heavy atom. The number of hydrogen-bond donors (Lipinski definition) is 2. The van der Waals surface area contributed by atoms with Gasteiger partial charge in [-0.3, -0.25) is 9.59 Å². The number of rotatable bonds is 4. The number of nitrogens with one attached hydrogen (secondary N) is 2. The Hall–Kier alpha value is -2.27. The zero-order valence-electron chi connectivity index (χ0n) is 16.2. The second-order valence-corrected chi connectivity index (χ2v) is 8.90. The summed E-state index contributed by atoms with van der Waals surface area (Å²) in [4.78, 5) is 27.1. The fraction of sp³-hybridized carbons (Fsp3) is 0.391. The summed E-state index contributed by atoms with van der Waals surface area (Å²) in [5.41, 5.74) is 3.02. The van der Waals surface area contributed by atoms with Gasteiger partial charge in [0, 0.05) is 21.9 Å². The Balaban J connectivity index is 1.44. The third kappa shape index (κ3) is 4.25. The van der Waals surface area contributed by atoms with Crippen LogP contribution in [0, 0.1) is 12.8 Å². The number of carbonyl (C=O) groups excluding carboxylic acids is 2. The molecular weight excluding hydrogens is 368 g/mol. The summed E-state index contributed by atoms with van der Waals surface area (Å²) in [6.45, 7) is 2.69. The van der Waals surface area contributed by atoms with Gasteiger partial charge in [0.05, 0.1) is 11.3 Å². The highest BCUT2D eigenvalue weighted by atomic mass is 32.2. The molecule has 4 rings (SSSR count). The van der Waals surface area contributed by atoms with Crippen LogP contribution < -0.4 is 10.6 Å². The highest BCUT2D eigenvalue weighted by Gasteiger charge is 2.21. The van der Waals surface area contributed by atoms with E-state index in [1.807, 2.05) is 37.3 Å². The highest BCUT2D eigenvalue weighted by molar-refractivity contribution is 7.99. The Labute approximate surface area is 170 Å². The Bertz CT molecular complexity index is 903. The largest absolute Gasteiger partial charge is 0.352 e. The smallest absolute Gasteiger partial charge is 0.256 e. The first kappa shape index (κ1) is 19.1. The maximum absolute atomic E-state index is 12.6. The van der Waals surface area contributed by atoms with Crippen LogP contribution in [0.2, 0.25) is 0 Å². The molecule has 0 atom stereocenters. The first-order chi connectivity index (χ1) is 13.6. The van der Waals surface area contributed by atoms with E-state index in [0.717, 1.165) is 27.7 Å². The van der Waals surface area contributed by atoms with Gasteiger partial charge in [-0.1, -0.05) is 55.5 Å². The average molecular weight is 395 g/mol. The van der Waals surface area contributed by atoms with Crippen molar-refractivity contribution in [1.29, 1.82) is 0 Å². The monoisotopic (exact) mass is 394 g/mol. The molecule has 0 radical (unpaired) electrons. The lowest BCUT2D eigenvalue weighted by Crippen LogP contribution is -2.26. The molecule has 0 saturated heterocycles. The molecule has 2 aliphatic rings. The van der Waals surface area contributed by atoms with Crippen molar-refractivity contribution in [3.63, 3.8) is 0 Å². The molecule has 0 unspecified atom stereocenters.